The lowest BCUT2D eigenvalue weighted by molar-refractivity contribution is 0.239. The van der Waals surface area contributed by atoms with Gasteiger partial charge in [-0.1, -0.05) is 13.8 Å². The molecule has 1 aromatic heterocycles. The molecular formula is C14H27N5O2S. The van der Waals surface area contributed by atoms with E-state index in [0.717, 1.165) is 45.7 Å². The minimum atomic E-state index is -3.49. The van der Waals surface area contributed by atoms with E-state index >= 15 is 0 Å². The summed E-state index contributed by atoms with van der Waals surface area (Å²) < 4.78 is 28.8. The Bertz CT molecular complexity index is 549. The third-order valence-electron chi connectivity index (χ3n) is 3.61. The smallest absolute Gasteiger partial charge is 0.259 e. The van der Waals surface area contributed by atoms with E-state index in [1.165, 1.54) is 0 Å². The van der Waals surface area contributed by atoms with Crippen LogP contribution in [0.25, 0.3) is 0 Å². The van der Waals surface area contributed by atoms with Gasteiger partial charge in [0.05, 0.1) is 6.33 Å². The molecule has 0 amide bonds. The second-order valence-corrected chi connectivity index (χ2v) is 7.86. The molecule has 0 radical (unpaired) electrons. The molecule has 8 heteroatoms. The van der Waals surface area contributed by atoms with Crippen molar-refractivity contribution in [3.8, 4) is 0 Å². The second kappa shape index (κ2) is 8.05. The van der Waals surface area contributed by atoms with E-state index in [0.29, 0.717) is 12.5 Å². The van der Waals surface area contributed by atoms with Crippen LogP contribution < -0.4 is 10.0 Å². The highest BCUT2D eigenvalue weighted by Gasteiger charge is 2.17. The van der Waals surface area contributed by atoms with E-state index in [1.807, 2.05) is 4.57 Å². The van der Waals surface area contributed by atoms with Gasteiger partial charge in [-0.15, -0.1) is 0 Å². The molecule has 0 unspecified atom stereocenters. The van der Waals surface area contributed by atoms with Gasteiger partial charge >= 0.3 is 0 Å². The first-order valence-corrected chi connectivity index (χ1v) is 9.40. The molecule has 2 rings (SSSR count). The molecule has 1 aliphatic heterocycles. The normalized spacial score (nSPS) is 17.2. The number of nitrogens with zero attached hydrogens (tertiary/aromatic N) is 3. The topological polar surface area (TPSA) is 79.3 Å². The highest BCUT2D eigenvalue weighted by Crippen LogP contribution is 2.07. The Hall–Kier alpha value is -0.960. The van der Waals surface area contributed by atoms with Gasteiger partial charge in [0, 0.05) is 45.5 Å². The van der Waals surface area contributed by atoms with Crippen LogP contribution in [-0.2, 0) is 16.6 Å². The Labute approximate surface area is 133 Å². The molecule has 1 aliphatic rings. The summed E-state index contributed by atoms with van der Waals surface area (Å²) in [6, 6.07) is 0. The minimum Gasteiger partial charge on any atom is -0.336 e. The van der Waals surface area contributed by atoms with Crippen molar-refractivity contribution in [2.24, 2.45) is 5.92 Å². The summed E-state index contributed by atoms with van der Waals surface area (Å²) >= 11 is 0. The van der Waals surface area contributed by atoms with Crippen LogP contribution in [0.4, 0.5) is 0 Å². The molecule has 0 saturated carbocycles. The molecule has 2 N–H and O–H groups in total. The second-order valence-electron chi connectivity index (χ2n) is 6.15. The number of nitrogens with one attached hydrogen (secondary N) is 2. The summed E-state index contributed by atoms with van der Waals surface area (Å²) in [5.41, 5.74) is 0. The van der Waals surface area contributed by atoms with Crippen molar-refractivity contribution in [1.29, 1.82) is 0 Å². The first kappa shape index (κ1) is 17.4. The first-order chi connectivity index (χ1) is 10.5. The van der Waals surface area contributed by atoms with Crippen molar-refractivity contribution in [3.05, 3.63) is 12.5 Å². The van der Waals surface area contributed by atoms with Crippen molar-refractivity contribution >= 4 is 10.0 Å². The van der Waals surface area contributed by atoms with Crippen molar-refractivity contribution < 1.29 is 8.42 Å². The average Bonchev–Trinajstić information content (AvgIpc) is 2.93. The quantitative estimate of drug-likeness (QED) is 0.662. The van der Waals surface area contributed by atoms with Crippen molar-refractivity contribution in [1.82, 2.24) is 24.5 Å². The number of hydrogen-bond acceptors (Lipinski definition) is 5. The Morgan fingerprint density at radius 2 is 2.09 bits per heavy atom. The lowest BCUT2D eigenvalue weighted by Crippen LogP contribution is -2.44. The van der Waals surface area contributed by atoms with Crippen LogP contribution in [-0.4, -0.2) is 62.1 Å². The first-order valence-electron chi connectivity index (χ1n) is 7.92. The van der Waals surface area contributed by atoms with Crippen LogP contribution in [0.2, 0.25) is 0 Å². The van der Waals surface area contributed by atoms with E-state index in [4.69, 9.17) is 0 Å². The third-order valence-corrected chi connectivity index (χ3v) is 4.96. The highest BCUT2D eigenvalue weighted by molar-refractivity contribution is 7.89. The van der Waals surface area contributed by atoms with Crippen molar-refractivity contribution in [2.75, 3.05) is 39.3 Å². The lowest BCUT2D eigenvalue weighted by Gasteiger charge is -2.26. The van der Waals surface area contributed by atoms with Gasteiger partial charge in [-0.25, -0.2) is 18.1 Å². The van der Waals surface area contributed by atoms with Crippen molar-refractivity contribution in [2.45, 2.75) is 31.8 Å². The Morgan fingerprint density at radius 3 is 2.77 bits per heavy atom. The van der Waals surface area contributed by atoms with E-state index in [-0.39, 0.29) is 5.03 Å². The fraction of sp³-hybridized carbons (Fsp3) is 0.786. The summed E-state index contributed by atoms with van der Waals surface area (Å²) in [6.45, 7) is 10.4. The molecule has 7 nitrogen and oxygen atoms in total. The molecule has 1 saturated heterocycles. The highest BCUT2D eigenvalue weighted by atomic mass is 32.2. The standard InChI is InChI=1S/C14H27N5O2S/c1-13(2)10-19-11-14(16-12-19)22(20,21)17-4-3-7-18-8-5-15-6-9-18/h11-13,15,17H,3-10H2,1-2H3. The maximum absolute atomic E-state index is 12.2. The summed E-state index contributed by atoms with van der Waals surface area (Å²) in [6.07, 6.45) is 3.99. The summed E-state index contributed by atoms with van der Waals surface area (Å²) in [5.74, 6) is 0.455. The van der Waals surface area contributed by atoms with Crippen LogP contribution >= 0.6 is 0 Å². The maximum Gasteiger partial charge on any atom is 0.259 e. The van der Waals surface area contributed by atoms with Crippen LogP contribution in [0.1, 0.15) is 20.3 Å². The summed E-state index contributed by atoms with van der Waals surface area (Å²) in [7, 11) is -3.49. The van der Waals surface area contributed by atoms with Crippen molar-refractivity contribution in [3.63, 3.8) is 0 Å². The van der Waals surface area contributed by atoms with E-state index in [2.05, 4.69) is 33.8 Å². The molecule has 126 valence electrons. The fourth-order valence-electron chi connectivity index (χ4n) is 2.52. The molecule has 0 spiro atoms. The van der Waals surface area contributed by atoms with Gasteiger partial charge in [-0.3, -0.25) is 0 Å². The van der Waals surface area contributed by atoms with Gasteiger partial charge in [0.15, 0.2) is 5.03 Å². The number of piperazine rings is 1. The SMILES string of the molecule is CC(C)Cn1cnc(S(=O)(=O)NCCCN2CCNCC2)c1. The van der Waals surface area contributed by atoms with Crippen LogP contribution in [0.3, 0.4) is 0 Å². The molecule has 1 fully saturated rings. The molecule has 0 aliphatic carbocycles. The molecule has 0 atom stereocenters. The Morgan fingerprint density at radius 1 is 1.36 bits per heavy atom. The Balaban J connectivity index is 1.76. The van der Waals surface area contributed by atoms with Gasteiger partial charge in [-0.05, 0) is 18.9 Å². The van der Waals surface area contributed by atoms with Crippen LogP contribution in [0.5, 0.6) is 0 Å². The predicted molar refractivity (Wildman–Crippen MR) is 86.2 cm³/mol. The molecule has 22 heavy (non-hydrogen) atoms. The van der Waals surface area contributed by atoms with Gasteiger partial charge in [0.2, 0.25) is 0 Å². The number of aromatic nitrogens is 2. The monoisotopic (exact) mass is 329 g/mol. The summed E-state index contributed by atoms with van der Waals surface area (Å²) in [5, 5.41) is 3.41. The minimum absolute atomic E-state index is 0.107. The van der Waals surface area contributed by atoms with Gasteiger partial charge in [0.25, 0.3) is 10.0 Å². The van der Waals surface area contributed by atoms with E-state index in [1.54, 1.807) is 12.5 Å². The zero-order valence-electron chi connectivity index (χ0n) is 13.5. The third kappa shape index (κ3) is 5.35. The number of sulfonamides is 1. The maximum atomic E-state index is 12.2. The number of rotatable bonds is 8. The molecule has 1 aromatic rings. The molecule has 0 bridgehead atoms. The Kier molecular flexibility index (Phi) is 6.37. The van der Waals surface area contributed by atoms with E-state index < -0.39 is 10.0 Å². The number of hydrogen-bond donors (Lipinski definition) is 2. The largest absolute Gasteiger partial charge is 0.336 e. The van der Waals surface area contributed by atoms with Gasteiger partial charge in [-0.2, -0.15) is 0 Å². The lowest BCUT2D eigenvalue weighted by atomic mass is 10.2. The van der Waals surface area contributed by atoms with Gasteiger partial charge < -0.3 is 14.8 Å². The zero-order chi connectivity index (χ0) is 16.0. The van der Waals surface area contributed by atoms with Crippen LogP contribution in [0.15, 0.2) is 17.6 Å². The average molecular weight is 329 g/mol. The molecule has 2 heterocycles. The fourth-order valence-corrected chi connectivity index (χ4v) is 3.54. The zero-order valence-corrected chi connectivity index (χ0v) is 14.3. The molecular weight excluding hydrogens is 302 g/mol. The van der Waals surface area contributed by atoms with E-state index in [9.17, 15) is 8.42 Å². The van der Waals surface area contributed by atoms with Crippen LogP contribution in [0, 0.1) is 5.92 Å². The predicted octanol–water partition coefficient (Wildman–Crippen LogP) is 0.113. The number of imidazole rings is 1. The summed E-state index contributed by atoms with van der Waals surface area (Å²) in [4.78, 5) is 6.35. The van der Waals surface area contributed by atoms with Gasteiger partial charge in [0.1, 0.15) is 0 Å². The molecule has 0 aromatic carbocycles.